The van der Waals surface area contributed by atoms with E-state index in [1.54, 1.807) is 6.92 Å². The van der Waals surface area contributed by atoms with Gasteiger partial charge in [-0.15, -0.1) is 0 Å². The highest BCUT2D eigenvalue weighted by Crippen LogP contribution is 2.21. The summed E-state index contributed by atoms with van der Waals surface area (Å²) >= 11 is 0. The zero-order valence-corrected chi connectivity index (χ0v) is 11.0. The van der Waals surface area contributed by atoms with Gasteiger partial charge in [0.25, 0.3) is 5.91 Å². The Balaban J connectivity index is 2.27. The fraction of sp³-hybridized carbons (Fsp3) is 0.133. The second-order valence-corrected chi connectivity index (χ2v) is 4.54. The van der Waals surface area contributed by atoms with E-state index in [-0.39, 0.29) is 22.6 Å². The normalized spacial score (nSPS) is 10.4. The van der Waals surface area contributed by atoms with Gasteiger partial charge in [-0.25, -0.2) is 8.78 Å². The molecule has 0 aliphatic carbocycles. The Hall–Kier alpha value is -2.43. The van der Waals surface area contributed by atoms with Crippen LogP contribution in [0.1, 0.15) is 21.5 Å². The van der Waals surface area contributed by atoms with Crippen LogP contribution in [-0.4, -0.2) is 11.0 Å². The van der Waals surface area contributed by atoms with Gasteiger partial charge in [-0.1, -0.05) is 0 Å². The van der Waals surface area contributed by atoms with E-state index < -0.39 is 17.5 Å². The summed E-state index contributed by atoms with van der Waals surface area (Å²) in [7, 11) is 0. The number of anilines is 1. The van der Waals surface area contributed by atoms with Crippen LogP contribution in [-0.2, 0) is 0 Å². The molecule has 0 atom stereocenters. The molecule has 20 heavy (non-hydrogen) atoms. The van der Waals surface area contributed by atoms with Crippen molar-refractivity contribution in [2.75, 3.05) is 5.32 Å². The Labute approximate surface area is 114 Å². The summed E-state index contributed by atoms with van der Waals surface area (Å²) in [6.45, 7) is 3.07. The SMILES string of the molecule is Cc1cc(C(=O)Nc2cc(F)c(C)cc2F)ccc1O. The Bertz CT molecular complexity index is 684. The third-order valence-corrected chi connectivity index (χ3v) is 2.96. The van der Waals surface area contributed by atoms with Crippen molar-refractivity contribution in [1.29, 1.82) is 0 Å². The fourth-order valence-electron chi connectivity index (χ4n) is 1.73. The first-order valence-electron chi connectivity index (χ1n) is 5.95. The van der Waals surface area contributed by atoms with Crippen LogP contribution in [0.25, 0.3) is 0 Å². The smallest absolute Gasteiger partial charge is 0.255 e. The highest BCUT2D eigenvalue weighted by molar-refractivity contribution is 6.04. The number of hydrogen-bond donors (Lipinski definition) is 2. The highest BCUT2D eigenvalue weighted by atomic mass is 19.1. The molecule has 0 unspecified atom stereocenters. The van der Waals surface area contributed by atoms with Crippen molar-refractivity contribution in [1.82, 2.24) is 0 Å². The van der Waals surface area contributed by atoms with Crippen LogP contribution in [0.4, 0.5) is 14.5 Å². The lowest BCUT2D eigenvalue weighted by Gasteiger charge is -2.09. The molecule has 0 aliphatic rings. The van der Waals surface area contributed by atoms with Crippen LogP contribution in [0.3, 0.4) is 0 Å². The van der Waals surface area contributed by atoms with E-state index in [0.717, 1.165) is 12.1 Å². The van der Waals surface area contributed by atoms with E-state index in [0.29, 0.717) is 5.56 Å². The molecular formula is C15H13F2NO2. The van der Waals surface area contributed by atoms with Crippen molar-refractivity contribution in [2.24, 2.45) is 0 Å². The maximum absolute atomic E-state index is 13.6. The second kappa shape index (κ2) is 5.28. The summed E-state index contributed by atoms with van der Waals surface area (Å²) in [6, 6.07) is 6.20. The Morgan fingerprint density at radius 1 is 1.05 bits per heavy atom. The maximum Gasteiger partial charge on any atom is 0.255 e. The van der Waals surface area contributed by atoms with Crippen LogP contribution in [0, 0.1) is 25.5 Å². The number of rotatable bonds is 2. The predicted octanol–water partition coefficient (Wildman–Crippen LogP) is 3.54. The molecule has 3 nitrogen and oxygen atoms in total. The molecule has 0 aromatic heterocycles. The average Bonchev–Trinajstić information content (AvgIpc) is 2.39. The number of hydrogen-bond acceptors (Lipinski definition) is 2. The van der Waals surface area contributed by atoms with Crippen molar-refractivity contribution >= 4 is 11.6 Å². The molecule has 1 amide bonds. The van der Waals surface area contributed by atoms with E-state index in [1.807, 2.05) is 0 Å². The first kappa shape index (κ1) is 14.0. The minimum atomic E-state index is -0.701. The number of phenols is 1. The fourth-order valence-corrected chi connectivity index (χ4v) is 1.73. The van der Waals surface area contributed by atoms with E-state index in [9.17, 15) is 18.7 Å². The molecule has 0 spiro atoms. The molecule has 0 saturated heterocycles. The molecule has 0 fully saturated rings. The van der Waals surface area contributed by atoms with Crippen molar-refractivity contribution < 1.29 is 18.7 Å². The van der Waals surface area contributed by atoms with Crippen LogP contribution < -0.4 is 5.32 Å². The zero-order chi connectivity index (χ0) is 14.9. The van der Waals surface area contributed by atoms with Crippen molar-refractivity contribution in [3.63, 3.8) is 0 Å². The van der Waals surface area contributed by atoms with Crippen LogP contribution in [0.2, 0.25) is 0 Å². The van der Waals surface area contributed by atoms with E-state index in [4.69, 9.17) is 0 Å². The van der Waals surface area contributed by atoms with Crippen molar-refractivity contribution in [2.45, 2.75) is 13.8 Å². The van der Waals surface area contributed by atoms with Crippen LogP contribution in [0.15, 0.2) is 30.3 Å². The number of halogens is 2. The first-order chi connectivity index (χ1) is 9.38. The summed E-state index contributed by atoms with van der Waals surface area (Å²) in [4.78, 5) is 11.9. The maximum atomic E-state index is 13.6. The van der Waals surface area contributed by atoms with Crippen molar-refractivity contribution in [3.05, 3.63) is 58.7 Å². The van der Waals surface area contributed by atoms with Gasteiger partial charge in [-0.05, 0) is 49.2 Å². The van der Waals surface area contributed by atoms with Gasteiger partial charge in [0.2, 0.25) is 0 Å². The summed E-state index contributed by atoms with van der Waals surface area (Å²) in [5.41, 5.74) is 0.721. The summed E-state index contributed by atoms with van der Waals surface area (Å²) < 4.78 is 27.0. The highest BCUT2D eigenvalue weighted by Gasteiger charge is 2.12. The lowest BCUT2D eigenvalue weighted by Crippen LogP contribution is -2.13. The van der Waals surface area contributed by atoms with Gasteiger partial charge < -0.3 is 10.4 Å². The van der Waals surface area contributed by atoms with Crippen LogP contribution in [0.5, 0.6) is 5.75 Å². The molecular weight excluding hydrogens is 264 g/mol. The van der Waals surface area contributed by atoms with Gasteiger partial charge in [0.1, 0.15) is 17.4 Å². The number of nitrogens with one attached hydrogen (secondary N) is 1. The molecule has 2 aromatic rings. The molecule has 0 saturated carbocycles. The van der Waals surface area contributed by atoms with Gasteiger partial charge in [-0.2, -0.15) is 0 Å². The largest absolute Gasteiger partial charge is 0.508 e. The van der Waals surface area contributed by atoms with Gasteiger partial charge in [-0.3, -0.25) is 4.79 Å². The molecule has 2 rings (SSSR count). The number of aromatic hydroxyl groups is 1. The molecule has 2 aromatic carbocycles. The Kier molecular flexibility index (Phi) is 3.70. The number of carbonyl (C=O) groups is 1. The standard InChI is InChI=1S/C15H13F2NO2/c1-8-6-12(17)13(7-11(8)16)18-15(20)10-3-4-14(19)9(2)5-10/h3-7,19H,1-2H3,(H,18,20). The zero-order valence-electron chi connectivity index (χ0n) is 11.0. The number of benzene rings is 2. The molecule has 0 aliphatic heterocycles. The van der Waals surface area contributed by atoms with E-state index in [2.05, 4.69) is 5.32 Å². The van der Waals surface area contributed by atoms with Gasteiger partial charge >= 0.3 is 0 Å². The lowest BCUT2D eigenvalue weighted by atomic mass is 10.1. The van der Waals surface area contributed by atoms with E-state index in [1.165, 1.54) is 25.1 Å². The number of amides is 1. The van der Waals surface area contributed by atoms with Gasteiger partial charge in [0, 0.05) is 11.6 Å². The molecule has 2 N–H and O–H groups in total. The number of carbonyl (C=O) groups excluding carboxylic acids is 1. The molecule has 0 bridgehead atoms. The Morgan fingerprint density at radius 3 is 2.40 bits per heavy atom. The summed E-state index contributed by atoms with van der Waals surface area (Å²) in [6.07, 6.45) is 0. The molecule has 104 valence electrons. The van der Waals surface area contributed by atoms with Gasteiger partial charge in [0.15, 0.2) is 0 Å². The van der Waals surface area contributed by atoms with Crippen LogP contribution >= 0.6 is 0 Å². The third kappa shape index (κ3) is 2.77. The molecule has 0 heterocycles. The summed E-state index contributed by atoms with van der Waals surface area (Å²) in [5, 5.41) is 11.7. The van der Waals surface area contributed by atoms with Crippen molar-refractivity contribution in [3.8, 4) is 5.75 Å². The van der Waals surface area contributed by atoms with E-state index >= 15 is 0 Å². The average molecular weight is 277 g/mol. The predicted molar refractivity (Wildman–Crippen MR) is 71.9 cm³/mol. The quantitative estimate of drug-likeness (QED) is 0.882. The minimum absolute atomic E-state index is 0.0640. The Morgan fingerprint density at radius 2 is 1.75 bits per heavy atom. The monoisotopic (exact) mass is 277 g/mol. The first-order valence-corrected chi connectivity index (χ1v) is 5.95. The topological polar surface area (TPSA) is 49.3 Å². The second-order valence-electron chi connectivity index (χ2n) is 4.54. The molecule has 5 heteroatoms. The third-order valence-electron chi connectivity index (χ3n) is 2.96. The minimum Gasteiger partial charge on any atom is -0.508 e. The van der Waals surface area contributed by atoms with Gasteiger partial charge in [0.05, 0.1) is 5.69 Å². The summed E-state index contributed by atoms with van der Waals surface area (Å²) in [5.74, 6) is -1.80. The molecule has 0 radical (unpaired) electrons. The number of phenolic OH excluding ortho intramolecular Hbond substituents is 1. The number of aryl methyl sites for hydroxylation is 2. The lowest BCUT2D eigenvalue weighted by molar-refractivity contribution is 0.102.